The minimum absolute atomic E-state index is 0.0748. The van der Waals surface area contributed by atoms with Gasteiger partial charge in [0.05, 0.1) is 12.2 Å². The highest BCUT2D eigenvalue weighted by Gasteiger charge is 2.32. The zero-order valence-corrected chi connectivity index (χ0v) is 11.6. The molecule has 0 fully saturated rings. The van der Waals surface area contributed by atoms with Gasteiger partial charge in [-0.3, -0.25) is 0 Å². The van der Waals surface area contributed by atoms with Gasteiger partial charge in [-0.05, 0) is 25.5 Å². The zero-order chi connectivity index (χ0) is 16.2. The average Bonchev–Trinajstić information content (AvgIpc) is 2.35. The fourth-order valence-corrected chi connectivity index (χ4v) is 2.01. The molecule has 0 saturated heterocycles. The van der Waals surface area contributed by atoms with E-state index in [0.29, 0.717) is 11.3 Å². The highest BCUT2D eigenvalue weighted by Crippen LogP contribution is 2.26. The molecule has 0 aliphatic heterocycles. The van der Waals surface area contributed by atoms with E-state index in [2.05, 4.69) is 10.1 Å². The number of hydrogen-bond donors (Lipinski definition) is 3. The number of aliphatic hydroxyl groups is 1. The van der Waals surface area contributed by atoms with Crippen molar-refractivity contribution in [2.24, 2.45) is 10.9 Å². The van der Waals surface area contributed by atoms with Crippen molar-refractivity contribution in [2.45, 2.75) is 20.0 Å². The monoisotopic (exact) mass is 306 g/mol. The third kappa shape index (κ3) is 4.48. The molecular weight excluding hydrogens is 289 g/mol. The maximum Gasteiger partial charge on any atom is 0.405 e. The van der Waals surface area contributed by atoms with Crippen molar-refractivity contribution in [3.8, 4) is 0 Å². The maximum absolute atomic E-state index is 12.7. The third-order valence-corrected chi connectivity index (χ3v) is 2.73. The largest absolute Gasteiger partial charge is 0.409 e. The van der Waals surface area contributed by atoms with Crippen LogP contribution in [-0.2, 0) is 0 Å². The Labute approximate surface area is 119 Å². The molecule has 0 atom stereocenters. The minimum atomic E-state index is -4.48. The van der Waals surface area contributed by atoms with Crippen LogP contribution >= 0.6 is 0 Å². The predicted molar refractivity (Wildman–Crippen MR) is 71.6 cm³/mol. The van der Waals surface area contributed by atoms with Crippen LogP contribution in [-0.4, -0.2) is 47.0 Å². The summed E-state index contributed by atoms with van der Waals surface area (Å²) < 4.78 is 38.0. The summed E-state index contributed by atoms with van der Waals surface area (Å²) in [4.78, 5) is 4.90. The van der Waals surface area contributed by atoms with Crippen LogP contribution in [0.1, 0.15) is 16.8 Å². The number of anilines is 1. The van der Waals surface area contributed by atoms with Crippen LogP contribution in [0.2, 0.25) is 0 Å². The van der Waals surface area contributed by atoms with Gasteiger partial charge in [0.25, 0.3) is 0 Å². The molecule has 21 heavy (non-hydrogen) atoms. The second-order valence-electron chi connectivity index (χ2n) is 4.52. The van der Waals surface area contributed by atoms with E-state index >= 15 is 0 Å². The molecule has 0 unspecified atom stereocenters. The molecule has 6 nitrogen and oxygen atoms in total. The van der Waals surface area contributed by atoms with Crippen LogP contribution < -0.4 is 10.6 Å². The van der Waals surface area contributed by atoms with E-state index in [4.69, 9.17) is 16.0 Å². The van der Waals surface area contributed by atoms with Gasteiger partial charge in [-0.1, -0.05) is 5.16 Å². The summed E-state index contributed by atoms with van der Waals surface area (Å²) in [5, 5.41) is 20.6. The number of aromatic nitrogens is 1. The maximum atomic E-state index is 12.7. The topological polar surface area (TPSA) is 95.0 Å². The molecule has 1 heterocycles. The molecule has 4 N–H and O–H groups in total. The molecule has 118 valence electrons. The van der Waals surface area contributed by atoms with E-state index in [9.17, 15) is 13.2 Å². The first kappa shape index (κ1) is 17.0. The zero-order valence-electron chi connectivity index (χ0n) is 11.6. The van der Waals surface area contributed by atoms with Gasteiger partial charge in [0, 0.05) is 12.2 Å². The molecule has 0 amide bonds. The average molecular weight is 306 g/mol. The lowest BCUT2D eigenvalue weighted by atomic mass is 10.1. The summed E-state index contributed by atoms with van der Waals surface area (Å²) >= 11 is 0. The van der Waals surface area contributed by atoms with Crippen molar-refractivity contribution in [3.63, 3.8) is 0 Å². The molecule has 0 aliphatic carbocycles. The number of hydrogen-bond acceptors (Lipinski definition) is 5. The number of aliphatic hydroxyl groups excluding tert-OH is 1. The van der Waals surface area contributed by atoms with Crippen LogP contribution in [0.15, 0.2) is 11.2 Å². The van der Waals surface area contributed by atoms with E-state index in [1.54, 1.807) is 19.9 Å². The summed E-state index contributed by atoms with van der Waals surface area (Å²) in [6, 6.07) is 1.61. The number of alkyl halides is 3. The molecule has 0 saturated carbocycles. The Morgan fingerprint density at radius 3 is 2.52 bits per heavy atom. The number of aryl methyl sites for hydroxylation is 2. The van der Waals surface area contributed by atoms with E-state index in [1.807, 2.05) is 0 Å². The molecule has 0 aliphatic rings. The van der Waals surface area contributed by atoms with Gasteiger partial charge >= 0.3 is 6.18 Å². The van der Waals surface area contributed by atoms with Crippen LogP contribution in [0.5, 0.6) is 0 Å². The van der Waals surface area contributed by atoms with Crippen molar-refractivity contribution in [1.82, 2.24) is 4.98 Å². The van der Waals surface area contributed by atoms with Crippen LogP contribution in [0.25, 0.3) is 0 Å². The Morgan fingerprint density at radius 2 is 2.05 bits per heavy atom. The van der Waals surface area contributed by atoms with Gasteiger partial charge in [-0.2, -0.15) is 13.2 Å². The summed E-state index contributed by atoms with van der Waals surface area (Å²) in [7, 11) is 0. The molecule has 0 radical (unpaired) electrons. The van der Waals surface area contributed by atoms with Crippen molar-refractivity contribution in [2.75, 3.05) is 24.6 Å². The summed E-state index contributed by atoms with van der Waals surface area (Å²) in [6.45, 7) is 1.18. The minimum Gasteiger partial charge on any atom is -0.409 e. The Morgan fingerprint density at radius 1 is 1.43 bits per heavy atom. The first-order valence-corrected chi connectivity index (χ1v) is 6.08. The van der Waals surface area contributed by atoms with Crippen LogP contribution in [0.4, 0.5) is 19.0 Å². The standard InChI is InChI=1S/C12H17F3N4O2/c1-7-5-8(2)17-11(9(7)10(16)18-21)19(3-4-20)6-12(13,14)15/h5,20-21H,3-4,6H2,1-2H3,(H2,16,18). The van der Waals surface area contributed by atoms with Gasteiger partial charge in [0.1, 0.15) is 12.4 Å². The predicted octanol–water partition coefficient (Wildman–Crippen LogP) is 1.15. The lowest BCUT2D eigenvalue weighted by Crippen LogP contribution is -2.38. The number of amidine groups is 1. The molecular formula is C12H17F3N4O2. The fraction of sp³-hybridized carbons (Fsp3) is 0.500. The smallest absolute Gasteiger partial charge is 0.405 e. The van der Waals surface area contributed by atoms with Crippen LogP contribution in [0.3, 0.4) is 0 Å². The van der Waals surface area contributed by atoms with Crippen LogP contribution in [0, 0.1) is 13.8 Å². The van der Waals surface area contributed by atoms with E-state index in [1.165, 1.54) is 0 Å². The molecule has 0 spiro atoms. The number of nitrogens with two attached hydrogens (primary N) is 1. The summed E-state index contributed by atoms with van der Waals surface area (Å²) in [6.07, 6.45) is -4.48. The lowest BCUT2D eigenvalue weighted by Gasteiger charge is -2.27. The number of nitrogens with zero attached hydrogens (tertiary/aromatic N) is 3. The fourth-order valence-electron chi connectivity index (χ4n) is 2.01. The lowest BCUT2D eigenvalue weighted by molar-refractivity contribution is -0.120. The normalized spacial score (nSPS) is 12.6. The molecule has 9 heteroatoms. The van der Waals surface area contributed by atoms with Gasteiger partial charge in [-0.15, -0.1) is 0 Å². The molecule has 0 bridgehead atoms. The Kier molecular flexibility index (Phi) is 5.36. The Hall–Kier alpha value is -2.03. The van der Waals surface area contributed by atoms with Gasteiger partial charge in [0.15, 0.2) is 5.84 Å². The second-order valence-corrected chi connectivity index (χ2v) is 4.52. The number of oxime groups is 1. The number of rotatable bonds is 5. The van der Waals surface area contributed by atoms with Crippen molar-refractivity contribution >= 4 is 11.7 Å². The number of pyridine rings is 1. The van der Waals surface area contributed by atoms with E-state index < -0.39 is 19.3 Å². The van der Waals surface area contributed by atoms with Crippen molar-refractivity contribution in [3.05, 3.63) is 22.9 Å². The molecule has 1 aromatic heterocycles. The van der Waals surface area contributed by atoms with E-state index in [0.717, 1.165) is 4.90 Å². The van der Waals surface area contributed by atoms with E-state index in [-0.39, 0.29) is 23.8 Å². The first-order valence-electron chi connectivity index (χ1n) is 6.08. The first-order chi connectivity index (χ1) is 9.69. The van der Waals surface area contributed by atoms with Gasteiger partial charge in [-0.25, -0.2) is 4.98 Å². The van der Waals surface area contributed by atoms with Crippen molar-refractivity contribution < 1.29 is 23.5 Å². The Bertz CT molecular complexity index is 532. The summed E-state index contributed by atoms with van der Waals surface area (Å²) in [5.41, 5.74) is 6.66. The summed E-state index contributed by atoms with van der Waals surface area (Å²) in [5.74, 6) is -0.408. The highest BCUT2D eigenvalue weighted by molar-refractivity contribution is 6.02. The Balaban J connectivity index is 3.41. The number of halogens is 3. The van der Waals surface area contributed by atoms with Gasteiger partial charge in [0.2, 0.25) is 0 Å². The molecule has 0 aromatic carbocycles. The SMILES string of the molecule is Cc1cc(C)c(/C(N)=N/O)c(N(CCO)CC(F)(F)F)n1. The highest BCUT2D eigenvalue weighted by atomic mass is 19.4. The third-order valence-electron chi connectivity index (χ3n) is 2.73. The second kappa shape index (κ2) is 6.61. The quantitative estimate of drug-likeness (QED) is 0.328. The molecule has 1 rings (SSSR count). The van der Waals surface area contributed by atoms with Crippen molar-refractivity contribution in [1.29, 1.82) is 0 Å². The molecule has 1 aromatic rings. The van der Waals surface area contributed by atoms with Gasteiger partial charge < -0.3 is 20.9 Å².